The largest absolute Gasteiger partial charge is 0.334 e. The first-order valence-corrected chi connectivity index (χ1v) is 9.10. The van der Waals surface area contributed by atoms with Crippen molar-refractivity contribution in [3.05, 3.63) is 30.4 Å². The first kappa shape index (κ1) is 15.8. The fourth-order valence-corrected chi connectivity index (χ4v) is 5.47. The summed E-state index contributed by atoms with van der Waals surface area (Å²) in [6, 6.07) is 0.616. The molecule has 1 aromatic rings. The van der Waals surface area contributed by atoms with Crippen molar-refractivity contribution in [3.8, 4) is 0 Å². The Balaban J connectivity index is 1.89. The third-order valence-electron chi connectivity index (χ3n) is 6.54. The first-order chi connectivity index (χ1) is 10.4. The molecule has 2 heteroatoms. The average molecular weight is 300 g/mol. The lowest BCUT2D eigenvalue weighted by Crippen LogP contribution is -2.45. The van der Waals surface area contributed by atoms with Crippen LogP contribution in [0.5, 0.6) is 0 Å². The van der Waals surface area contributed by atoms with Crippen LogP contribution in [0.15, 0.2) is 30.4 Å². The predicted octanol–water partition coefficient (Wildman–Crippen LogP) is 5.49. The molecule has 0 aliphatic heterocycles. The predicted molar refractivity (Wildman–Crippen MR) is 92.6 cm³/mol. The topological polar surface area (TPSA) is 17.8 Å². The fraction of sp³-hybridized carbons (Fsp3) is 0.750. The van der Waals surface area contributed by atoms with Gasteiger partial charge in [-0.1, -0.05) is 46.3 Å². The molecule has 1 aromatic heterocycles. The van der Waals surface area contributed by atoms with Gasteiger partial charge in [0.15, 0.2) is 0 Å². The highest BCUT2D eigenvalue weighted by atomic mass is 15.1. The molecule has 0 N–H and O–H groups in total. The van der Waals surface area contributed by atoms with E-state index in [0.717, 1.165) is 23.7 Å². The quantitative estimate of drug-likeness (QED) is 0.675. The van der Waals surface area contributed by atoms with E-state index in [1.54, 1.807) is 5.57 Å². The van der Waals surface area contributed by atoms with E-state index >= 15 is 0 Å². The minimum absolute atomic E-state index is 0.415. The monoisotopic (exact) mass is 300 g/mol. The summed E-state index contributed by atoms with van der Waals surface area (Å²) in [4.78, 5) is 4.24. The molecule has 0 amide bonds. The van der Waals surface area contributed by atoms with Crippen LogP contribution in [0, 0.1) is 29.1 Å². The van der Waals surface area contributed by atoms with E-state index in [0.29, 0.717) is 11.5 Å². The van der Waals surface area contributed by atoms with Gasteiger partial charge in [0.25, 0.3) is 0 Å². The van der Waals surface area contributed by atoms with Crippen LogP contribution < -0.4 is 0 Å². The van der Waals surface area contributed by atoms with Crippen molar-refractivity contribution in [1.82, 2.24) is 9.55 Å². The SMILES string of the molecule is CC(C)C1CC=C2CC(n3ccnc3)CC[C@]2(C)C1C(C)C. The number of imidazole rings is 1. The minimum Gasteiger partial charge on any atom is -0.334 e. The van der Waals surface area contributed by atoms with Crippen LogP contribution in [0.25, 0.3) is 0 Å². The van der Waals surface area contributed by atoms with Crippen LogP contribution in [-0.4, -0.2) is 9.55 Å². The van der Waals surface area contributed by atoms with Gasteiger partial charge in [-0.3, -0.25) is 0 Å². The zero-order valence-corrected chi connectivity index (χ0v) is 14.9. The van der Waals surface area contributed by atoms with E-state index < -0.39 is 0 Å². The van der Waals surface area contributed by atoms with Gasteiger partial charge in [-0.15, -0.1) is 0 Å². The molecule has 0 saturated heterocycles. The van der Waals surface area contributed by atoms with Crippen molar-refractivity contribution in [1.29, 1.82) is 0 Å². The highest BCUT2D eigenvalue weighted by molar-refractivity contribution is 5.24. The van der Waals surface area contributed by atoms with Crippen LogP contribution in [0.1, 0.15) is 66.3 Å². The molecule has 0 aromatic carbocycles. The van der Waals surface area contributed by atoms with Crippen LogP contribution in [0.4, 0.5) is 0 Å². The summed E-state index contributed by atoms with van der Waals surface area (Å²) < 4.78 is 2.32. The Morgan fingerprint density at radius 1 is 1.23 bits per heavy atom. The molecule has 2 nitrogen and oxygen atoms in total. The smallest absolute Gasteiger partial charge is 0.0948 e. The Labute approximate surface area is 136 Å². The summed E-state index contributed by atoms with van der Waals surface area (Å²) in [6.07, 6.45) is 13.8. The standard InChI is InChI=1S/C20H32N2/c1-14(2)18-7-6-16-12-17(22-11-10-21-13-22)8-9-20(16,5)19(18)15(3)4/h6,10-11,13-15,17-19H,7-9,12H2,1-5H3/t17?,18?,19?,20-/m0/s1. The summed E-state index contributed by atoms with van der Waals surface area (Å²) in [5, 5.41) is 0. The van der Waals surface area contributed by atoms with Crippen molar-refractivity contribution in [2.45, 2.75) is 66.3 Å². The van der Waals surface area contributed by atoms with E-state index in [-0.39, 0.29) is 0 Å². The second-order valence-corrected chi connectivity index (χ2v) is 8.47. The van der Waals surface area contributed by atoms with E-state index in [2.05, 4.69) is 56.4 Å². The maximum Gasteiger partial charge on any atom is 0.0948 e. The zero-order chi connectivity index (χ0) is 15.9. The van der Waals surface area contributed by atoms with Gasteiger partial charge in [-0.2, -0.15) is 0 Å². The maximum absolute atomic E-state index is 4.24. The molecule has 2 aliphatic rings. The van der Waals surface area contributed by atoms with Gasteiger partial charge in [0.2, 0.25) is 0 Å². The van der Waals surface area contributed by atoms with Crippen LogP contribution in [0.2, 0.25) is 0 Å². The average Bonchev–Trinajstić information content (AvgIpc) is 2.98. The lowest BCUT2D eigenvalue weighted by molar-refractivity contribution is 0.0365. The van der Waals surface area contributed by atoms with Crippen molar-refractivity contribution in [3.63, 3.8) is 0 Å². The molecule has 1 fully saturated rings. The van der Waals surface area contributed by atoms with E-state index in [1.807, 2.05) is 12.5 Å². The normalized spacial score (nSPS) is 35.6. The van der Waals surface area contributed by atoms with E-state index in [9.17, 15) is 0 Å². The van der Waals surface area contributed by atoms with Crippen molar-refractivity contribution >= 4 is 0 Å². The molecule has 3 unspecified atom stereocenters. The number of fused-ring (bicyclic) bond motifs is 1. The second kappa shape index (κ2) is 5.86. The molecule has 4 atom stereocenters. The van der Waals surface area contributed by atoms with Crippen LogP contribution in [0.3, 0.4) is 0 Å². The van der Waals surface area contributed by atoms with Crippen LogP contribution in [-0.2, 0) is 0 Å². The summed E-state index contributed by atoms with van der Waals surface area (Å²) in [5.74, 6) is 3.23. The number of rotatable bonds is 3. The Morgan fingerprint density at radius 2 is 2.00 bits per heavy atom. The molecule has 122 valence electrons. The summed E-state index contributed by atoms with van der Waals surface area (Å²) in [5.41, 5.74) is 2.14. The molecule has 0 bridgehead atoms. The summed E-state index contributed by atoms with van der Waals surface area (Å²) in [6.45, 7) is 12.3. The lowest BCUT2D eigenvalue weighted by atomic mass is 9.52. The van der Waals surface area contributed by atoms with Gasteiger partial charge in [0.1, 0.15) is 0 Å². The van der Waals surface area contributed by atoms with Crippen molar-refractivity contribution in [2.75, 3.05) is 0 Å². The summed E-state index contributed by atoms with van der Waals surface area (Å²) in [7, 11) is 0. The maximum atomic E-state index is 4.24. The van der Waals surface area contributed by atoms with Gasteiger partial charge in [0.05, 0.1) is 6.33 Å². The zero-order valence-electron chi connectivity index (χ0n) is 14.9. The van der Waals surface area contributed by atoms with Gasteiger partial charge in [-0.05, 0) is 54.8 Å². The van der Waals surface area contributed by atoms with Gasteiger partial charge >= 0.3 is 0 Å². The lowest BCUT2D eigenvalue weighted by Gasteiger charge is -2.53. The Bertz CT molecular complexity index is 526. The Hall–Kier alpha value is -1.05. The number of hydrogen-bond donors (Lipinski definition) is 0. The molecular weight excluding hydrogens is 268 g/mol. The molecule has 0 radical (unpaired) electrons. The van der Waals surface area contributed by atoms with Crippen LogP contribution >= 0.6 is 0 Å². The van der Waals surface area contributed by atoms with Gasteiger partial charge in [0, 0.05) is 18.4 Å². The highest BCUT2D eigenvalue weighted by Crippen LogP contribution is 2.57. The fourth-order valence-electron chi connectivity index (χ4n) is 5.47. The molecule has 3 rings (SSSR count). The molecule has 1 saturated carbocycles. The molecule has 2 aliphatic carbocycles. The van der Waals surface area contributed by atoms with E-state index in [1.165, 1.54) is 25.7 Å². The third kappa shape index (κ3) is 2.55. The molecule has 1 heterocycles. The van der Waals surface area contributed by atoms with E-state index in [4.69, 9.17) is 0 Å². The molecule has 0 spiro atoms. The number of hydrogen-bond acceptors (Lipinski definition) is 1. The molecule has 22 heavy (non-hydrogen) atoms. The Kier molecular flexibility index (Phi) is 4.22. The third-order valence-corrected chi connectivity index (χ3v) is 6.54. The van der Waals surface area contributed by atoms with Gasteiger partial charge in [-0.25, -0.2) is 4.98 Å². The minimum atomic E-state index is 0.415. The number of allylic oxidation sites excluding steroid dienone is 2. The first-order valence-electron chi connectivity index (χ1n) is 9.10. The number of aromatic nitrogens is 2. The van der Waals surface area contributed by atoms with Gasteiger partial charge < -0.3 is 4.57 Å². The Morgan fingerprint density at radius 3 is 2.59 bits per heavy atom. The van der Waals surface area contributed by atoms with Crippen molar-refractivity contribution in [2.24, 2.45) is 29.1 Å². The highest BCUT2D eigenvalue weighted by Gasteiger charge is 2.48. The number of nitrogens with zero attached hydrogens (tertiary/aromatic N) is 2. The summed E-state index contributed by atoms with van der Waals surface area (Å²) >= 11 is 0. The van der Waals surface area contributed by atoms with Crippen molar-refractivity contribution < 1.29 is 0 Å². The second-order valence-electron chi connectivity index (χ2n) is 8.47. The molecular formula is C20H32N2.